The van der Waals surface area contributed by atoms with Crippen LogP contribution in [0.5, 0.6) is 0 Å². The van der Waals surface area contributed by atoms with Gasteiger partial charge >= 0.3 is 0 Å². The minimum absolute atomic E-state index is 0.0151. The molecule has 0 saturated heterocycles. The number of hydrazone groups is 1. The van der Waals surface area contributed by atoms with Crippen LogP contribution in [0.2, 0.25) is 0 Å². The van der Waals surface area contributed by atoms with Gasteiger partial charge in [-0.1, -0.05) is 47.7 Å². The lowest BCUT2D eigenvalue weighted by Crippen LogP contribution is -2.21. The molecule has 0 radical (unpaired) electrons. The van der Waals surface area contributed by atoms with Crippen molar-refractivity contribution in [3.05, 3.63) is 65.9 Å². The van der Waals surface area contributed by atoms with Crippen LogP contribution in [0.25, 0.3) is 17.1 Å². The fourth-order valence-corrected chi connectivity index (χ4v) is 2.75. The number of hydrogen-bond donors (Lipinski definition) is 3. The van der Waals surface area contributed by atoms with Gasteiger partial charge in [-0.15, -0.1) is 5.10 Å². The van der Waals surface area contributed by atoms with E-state index in [1.54, 1.807) is 31.2 Å². The van der Waals surface area contributed by atoms with E-state index in [1.165, 1.54) is 4.68 Å². The summed E-state index contributed by atoms with van der Waals surface area (Å²) in [5.74, 6) is -0.409. The fraction of sp³-hybridized carbons (Fsp3) is 0.0526. The first-order valence-corrected chi connectivity index (χ1v) is 8.84. The Morgan fingerprint density at radius 2 is 1.80 bits per heavy atom. The molecule has 0 spiro atoms. The number of rotatable bonds is 5. The quantitative estimate of drug-likeness (QED) is 0.257. The van der Waals surface area contributed by atoms with Crippen molar-refractivity contribution >= 4 is 23.1 Å². The number of hydrogen-bond acceptors (Lipinski definition) is 9. The Labute approximate surface area is 170 Å². The number of nitrogen functional groups attached to an aromatic ring is 2. The maximum Gasteiger partial charge on any atom is 0.294 e. The highest BCUT2D eigenvalue weighted by Gasteiger charge is 2.25. The van der Waals surface area contributed by atoms with E-state index in [2.05, 4.69) is 35.8 Å². The number of benzene rings is 2. The monoisotopic (exact) mass is 403 g/mol. The van der Waals surface area contributed by atoms with E-state index in [1.807, 2.05) is 30.3 Å². The van der Waals surface area contributed by atoms with Gasteiger partial charge in [0.05, 0.1) is 5.71 Å². The van der Waals surface area contributed by atoms with Crippen molar-refractivity contribution in [2.24, 2.45) is 5.10 Å². The van der Waals surface area contributed by atoms with Crippen LogP contribution in [0, 0.1) is 0 Å². The molecular weight excluding hydrogens is 386 g/mol. The van der Waals surface area contributed by atoms with Crippen molar-refractivity contribution in [1.29, 1.82) is 0 Å². The van der Waals surface area contributed by atoms with Crippen molar-refractivity contribution < 1.29 is 9.42 Å². The zero-order valence-corrected chi connectivity index (χ0v) is 15.9. The van der Waals surface area contributed by atoms with E-state index >= 15 is 0 Å². The van der Waals surface area contributed by atoms with Crippen LogP contribution >= 0.6 is 0 Å². The summed E-state index contributed by atoms with van der Waals surface area (Å²) in [6, 6.07) is 16.2. The van der Waals surface area contributed by atoms with Crippen molar-refractivity contribution in [1.82, 2.24) is 30.7 Å². The first kappa shape index (κ1) is 18.8. The number of amides is 1. The van der Waals surface area contributed by atoms with Crippen molar-refractivity contribution in [3.63, 3.8) is 0 Å². The molecule has 2 aromatic heterocycles. The minimum atomic E-state index is -0.551. The molecule has 0 bridgehead atoms. The van der Waals surface area contributed by atoms with E-state index in [9.17, 15) is 4.79 Å². The first-order chi connectivity index (χ1) is 14.5. The lowest BCUT2D eigenvalue weighted by atomic mass is 10.1. The number of anilines is 2. The van der Waals surface area contributed by atoms with Crippen LogP contribution in [0.15, 0.2) is 64.3 Å². The third-order valence-electron chi connectivity index (χ3n) is 4.28. The first-order valence-electron chi connectivity index (χ1n) is 8.84. The second kappa shape index (κ2) is 7.83. The minimum Gasteiger partial charge on any atom is -0.399 e. The topological polar surface area (TPSA) is 163 Å². The number of nitrogens with one attached hydrogen (secondary N) is 1. The maximum absolute atomic E-state index is 12.9. The standard InChI is InChI=1S/C19H17N9O2/c1-11(12-7-9-14(20)10-8-12)22-24-19(29)15-16(13-5-3-2-4-6-13)28(27-23-15)18-17(21)25-30-26-18/h2-10H,20H2,1H3,(H2,21,25)(H,24,29)/b22-11-. The zero-order valence-electron chi connectivity index (χ0n) is 15.9. The molecule has 0 aliphatic heterocycles. The highest BCUT2D eigenvalue weighted by Crippen LogP contribution is 2.26. The summed E-state index contributed by atoms with van der Waals surface area (Å²) in [5.41, 5.74) is 17.1. The van der Waals surface area contributed by atoms with Gasteiger partial charge in [0.1, 0.15) is 5.69 Å². The predicted octanol–water partition coefficient (Wildman–Crippen LogP) is 1.64. The fourth-order valence-electron chi connectivity index (χ4n) is 2.75. The number of carbonyl (C=O) groups is 1. The summed E-state index contributed by atoms with van der Waals surface area (Å²) in [7, 11) is 0. The highest BCUT2D eigenvalue weighted by molar-refractivity contribution is 6.02. The molecule has 4 aromatic rings. The van der Waals surface area contributed by atoms with E-state index in [0.717, 1.165) is 5.56 Å². The van der Waals surface area contributed by atoms with Gasteiger partial charge in [0, 0.05) is 11.3 Å². The van der Waals surface area contributed by atoms with Gasteiger partial charge in [0.2, 0.25) is 11.6 Å². The number of carbonyl (C=O) groups excluding carboxylic acids is 1. The van der Waals surface area contributed by atoms with E-state index in [0.29, 0.717) is 22.7 Å². The average molecular weight is 403 g/mol. The summed E-state index contributed by atoms with van der Waals surface area (Å²) >= 11 is 0. The van der Waals surface area contributed by atoms with Crippen LogP contribution in [-0.4, -0.2) is 36.9 Å². The van der Waals surface area contributed by atoms with Gasteiger partial charge in [-0.05, 0) is 34.9 Å². The third-order valence-corrected chi connectivity index (χ3v) is 4.28. The van der Waals surface area contributed by atoms with Gasteiger partial charge in [-0.2, -0.15) is 9.78 Å². The average Bonchev–Trinajstić information content (AvgIpc) is 3.38. The van der Waals surface area contributed by atoms with Crippen molar-refractivity contribution in [2.75, 3.05) is 11.5 Å². The number of nitrogens with zero attached hydrogens (tertiary/aromatic N) is 6. The van der Waals surface area contributed by atoms with E-state index < -0.39 is 5.91 Å². The smallest absolute Gasteiger partial charge is 0.294 e. The highest BCUT2D eigenvalue weighted by atomic mass is 16.6. The normalized spacial score (nSPS) is 11.4. The molecule has 150 valence electrons. The Bertz CT molecular complexity index is 1210. The van der Waals surface area contributed by atoms with Crippen molar-refractivity contribution in [3.8, 4) is 17.1 Å². The largest absolute Gasteiger partial charge is 0.399 e. The summed E-state index contributed by atoms with van der Waals surface area (Å²) in [6.07, 6.45) is 0. The van der Waals surface area contributed by atoms with E-state index in [-0.39, 0.29) is 17.3 Å². The molecule has 30 heavy (non-hydrogen) atoms. The van der Waals surface area contributed by atoms with Gasteiger partial charge in [0.15, 0.2) is 5.69 Å². The number of aromatic nitrogens is 5. The van der Waals surface area contributed by atoms with Gasteiger partial charge in [-0.25, -0.2) is 10.1 Å². The molecule has 0 unspecified atom stereocenters. The molecule has 2 heterocycles. The molecule has 0 fully saturated rings. The summed E-state index contributed by atoms with van der Waals surface area (Å²) in [5, 5.41) is 19.5. The van der Waals surface area contributed by atoms with Gasteiger partial charge < -0.3 is 11.5 Å². The molecule has 5 N–H and O–H groups in total. The zero-order chi connectivity index (χ0) is 21.1. The summed E-state index contributed by atoms with van der Waals surface area (Å²) in [4.78, 5) is 12.9. The van der Waals surface area contributed by atoms with Gasteiger partial charge in [-0.3, -0.25) is 4.79 Å². The molecule has 2 aromatic carbocycles. The Morgan fingerprint density at radius 1 is 1.07 bits per heavy atom. The second-order valence-corrected chi connectivity index (χ2v) is 6.30. The SMILES string of the molecule is C/C(=N/NC(=O)c1nnn(-c2nonc2N)c1-c1ccccc1)c1ccc(N)cc1. The summed E-state index contributed by atoms with van der Waals surface area (Å²) < 4.78 is 5.95. The molecule has 0 saturated carbocycles. The van der Waals surface area contributed by atoms with Crippen LogP contribution in [0.3, 0.4) is 0 Å². The Kier molecular flexibility index (Phi) is 4.91. The predicted molar refractivity (Wildman–Crippen MR) is 110 cm³/mol. The lowest BCUT2D eigenvalue weighted by Gasteiger charge is -2.06. The van der Waals surface area contributed by atoms with Crippen molar-refractivity contribution in [2.45, 2.75) is 6.92 Å². The van der Waals surface area contributed by atoms with Crippen LogP contribution in [0.4, 0.5) is 11.5 Å². The molecule has 0 aliphatic rings. The Balaban J connectivity index is 1.69. The Hall–Kier alpha value is -4.54. The summed E-state index contributed by atoms with van der Waals surface area (Å²) in [6.45, 7) is 1.77. The molecule has 11 nitrogen and oxygen atoms in total. The lowest BCUT2D eigenvalue weighted by molar-refractivity contribution is 0.0950. The van der Waals surface area contributed by atoms with E-state index in [4.69, 9.17) is 11.5 Å². The molecular formula is C19H17N9O2. The molecule has 11 heteroatoms. The Morgan fingerprint density at radius 3 is 2.47 bits per heavy atom. The molecule has 1 amide bonds. The van der Waals surface area contributed by atoms with Crippen LogP contribution in [-0.2, 0) is 0 Å². The number of nitrogens with two attached hydrogens (primary N) is 2. The molecule has 4 rings (SSSR count). The van der Waals surface area contributed by atoms with Crippen LogP contribution in [0.1, 0.15) is 23.0 Å². The maximum atomic E-state index is 12.9. The molecule has 0 atom stereocenters. The van der Waals surface area contributed by atoms with Gasteiger partial charge in [0.25, 0.3) is 5.91 Å². The molecule has 0 aliphatic carbocycles. The van der Waals surface area contributed by atoms with Crippen LogP contribution < -0.4 is 16.9 Å². The second-order valence-electron chi connectivity index (χ2n) is 6.30. The third kappa shape index (κ3) is 3.58.